The second-order valence-corrected chi connectivity index (χ2v) is 11.2. The van der Waals surface area contributed by atoms with E-state index in [1.165, 1.54) is 16.6 Å². The van der Waals surface area contributed by atoms with Gasteiger partial charge in [0.25, 0.3) is 5.91 Å². The number of halogens is 7. The summed E-state index contributed by atoms with van der Waals surface area (Å²) in [5.74, 6) is -3.41. The number of aromatic nitrogens is 3. The van der Waals surface area contributed by atoms with E-state index in [0.29, 0.717) is 34.9 Å². The number of carboxylic acid groups (broad SMARTS) is 1. The molecule has 1 amide bonds. The summed E-state index contributed by atoms with van der Waals surface area (Å²) in [6.07, 6.45) is -9.15. The maximum atomic E-state index is 13.9. The van der Waals surface area contributed by atoms with Gasteiger partial charge in [-0.3, -0.25) is 9.36 Å². The fourth-order valence-corrected chi connectivity index (χ4v) is 5.04. The van der Waals surface area contributed by atoms with Crippen molar-refractivity contribution in [1.82, 2.24) is 19.1 Å². The Morgan fingerprint density at radius 1 is 1.02 bits per heavy atom. The topological polar surface area (TPSA) is 123 Å². The van der Waals surface area contributed by atoms with Crippen LogP contribution in [-0.2, 0) is 17.5 Å². The molecule has 1 atom stereocenters. The molecule has 0 saturated carbocycles. The molecule has 0 aliphatic heterocycles. The molecule has 0 radical (unpaired) electrons. The van der Waals surface area contributed by atoms with Crippen molar-refractivity contribution < 1.29 is 41.0 Å². The standard InChI is InChI=1S/C29H31ClF3N5O2.C2HF3O2/c1-18(2)26(36(15-7-14-34)27(39)21-10-12-22(13-11-21)29(31,32)33)24-16-23-25(30)19(3)35-38(23)28(40)37(24)17-20-8-5-4-6-9-20;3-2(4,5)1(6)7/h4-6,8-13,16,18,26H,7,14-15,17,34H2,1-3H3;(H,6,7). The summed E-state index contributed by atoms with van der Waals surface area (Å²) in [6.45, 7) is 6.29. The Bertz CT molecular complexity index is 1750. The van der Waals surface area contributed by atoms with Crippen LogP contribution in [0.3, 0.4) is 0 Å². The third kappa shape index (κ3) is 8.92. The van der Waals surface area contributed by atoms with E-state index < -0.39 is 41.5 Å². The zero-order chi connectivity index (χ0) is 35.3. The lowest BCUT2D eigenvalue weighted by Gasteiger charge is -2.36. The Labute approximate surface area is 270 Å². The highest BCUT2D eigenvalue weighted by atomic mass is 35.5. The van der Waals surface area contributed by atoms with E-state index in [4.69, 9.17) is 27.2 Å². The van der Waals surface area contributed by atoms with E-state index in [2.05, 4.69) is 5.10 Å². The number of nitrogens with two attached hydrogens (primary N) is 1. The normalized spacial score (nSPS) is 12.5. The maximum absolute atomic E-state index is 13.9. The van der Waals surface area contributed by atoms with Crippen LogP contribution < -0.4 is 11.4 Å². The predicted molar refractivity (Wildman–Crippen MR) is 162 cm³/mol. The average molecular weight is 688 g/mol. The summed E-state index contributed by atoms with van der Waals surface area (Å²) in [5.41, 5.74) is 6.95. The van der Waals surface area contributed by atoms with Crippen molar-refractivity contribution in [3.05, 3.63) is 104 Å². The molecule has 2 aromatic carbocycles. The van der Waals surface area contributed by atoms with Gasteiger partial charge in [-0.1, -0.05) is 55.8 Å². The van der Waals surface area contributed by atoms with Gasteiger partial charge in [-0.25, -0.2) is 9.59 Å². The van der Waals surface area contributed by atoms with Crippen LogP contribution in [0.2, 0.25) is 5.02 Å². The molecule has 0 spiro atoms. The van der Waals surface area contributed by atoms with Crippen LogP contribution in [0.5, 0.6) is 0 Å². The molecule has 0 saturated heterocycles. The van der Waals surface area contributed by atoms with Gasteiger partial charge in [-0.05, 0) is 61.7 Å². The Kier molecular flexibility index (Phi) is 11.9. The average Bonchev–Trinajstić information content (AvgIpc) is 3.29. The molecule has 0 aliphatic carbocycles. The van der Waals surface area contributed by atoms with E-state index >= 15 is 0 Å². The zero-order valence-corrected chi connectivity index (χ0v) is 26.2. The molecule has 4 aromatic rings. The minimum atomic E-state index is -5.08. The molecule has 254 valence electrons. The van der Waals surface area contributed by atoms with E-state index in [1.807, 2.05) is 44.2 Å². The number of nitrogens with zero attached hydrogens (tertiary/aromatic N) is 4. The molecular weight excluding hydrogens is 656 g/mol. The lowest BCUT2D eigenvalue weighted by atomic mass is 9.96. The van der Waals surface area contributed by atoms with Crippen LogP contribution in [0.25, 0.3) is 5.52 Å². The number of hydrogen-bond donors (Lipinski definition) is 2. The number of amides is 1. The number of hydrogen-bond acceptors (Lipinski definition) is 5. The molecule has 2 aromatic heterocycles. The van der Waals surface area contributed by atoms with Crippen LogP contribution in [0.1, 0.15) is 59.2 Å². The van der Waals surface area contributed by atoms with Crippen molar-refractivity contribution in [3.8, 4) is 0 Å². The van der Waals surface area contributed by atoms with Gasteiger partial charge in [-0.15, -0.1) is 0 Å². The van der Waals surface area contributed by atoms with Crippen molar-refractivity contribution in [2.24, 2.45) is 11.7 Å². The second-order valence-electron chi connectivity index (χ2n) is 10.8. The van der Waals surface area contributed by atoms with Crippen LogP contribution in [0.15, 0.2) is 65.5 Å². The molecule has 0 aliphatic rings. The van der Waals surface area contributed by atoms with Crippen molar-refractivity contribution in [1.29, 1.82) is 0 Å². The number of benzene rings is 2. The molecular formula is C31H32ClF6N5O4. The van der Waals surface area contributed by atoms with Gasteiger partial charge in [0.15, 0.2) is 0 Å². The summed E-state index contributed by atoms with van der Waals surface area (Å²) >= 11 is 6.54. The third-order valence-electron chi connectivity index (χ3n) is 7.05. The maximum Gasteiger partial charge on any atom is 0.490 e. The number of carbonyl (C=O) groups is 2. The number of aryl methyl sites for hydroxylation is 1. The molecule has 9 nitrogen and oxygen atoms in total. The predicted octanol–water partition coefficient (Wildman–Crippen LogP) is 6.35. The second kappa shape index (κ2) is 15.0. The molecule has 4 rings (SSSR count). The highest BCUT2D eigenvalue weighted by Gasteiger charge is 2.38. The van der Waals surface area contributed by atoms with Crippen LogP contribution in [-0.4, -0.2) is 55.3 Å². The lowest BCUT2D eigenvalue weighted by molar-refractivity contribution is -0.192. The van der Waals surface area contributed by atoms with Crippen molar-refractivity contribution >= 4 is 29.0 Å². The van der Waals surface area contributed by atoms with Gasteiger partial charge in [-0.2, -0.15) is 36.0 Å². The number of carboxylic acids is 1. The van der Waals surface area contributed by atoms with Crippen LogP contribution >= 0.6 is 11.6 Å². The lowest BCUT2D eigenvalue weighted by Crippen LogP contribution is -2.42. The highest BCUT2D eigenvalue weighted by molar-refractivity contribution is 6.34. The minimum Gasteiger partial charge on any atom is -0.475 e. The van der Waals surface area contributed by atoms with Gasteiger partial charge in [0.05, 0.1) is 34.4 Å². The van der Waals surface area contributed by atoms with Gasteiger partial charge in [0.2, 0.25) is 0 Å². The quantitative estimate of drug-likeness (QED) is 0.198. The molecule has 47 heavy (non-hydrogen) atoms. The van der Waals surface area contributed by atoms with Crippen molar-refractivity contribution in [2.75, 3.05) is 13.1 Å². The molecule has 2 heterocycles. The Morgan fingerprint density at radius 3 is 2.09 bits per heavy atom. The fourth-order valence-electron chi connectivity index (χ4n) is 4.87. The summed E-state index contributed by atoms with van der Waals surface area (Å²) in [6, 6.07) is 14.7. The van der Waals surface area contributed by atoms with Gasteiger partial charge in [0.1, 0.15) is 0 Å². The number of carbonyl (C=O) groups excluding carboxylic acids is 1. The minimum absolute atomic E-state index is 0.104. The van der Waals surface area contributed by atoms with Crippen LogP contribution in [0, 0.1) is 12.8 Å². The molecule has 16 heteroatoms. The van der Waals surface area contributed by atoms with Crippen molar-refractivity contribution in [2.45, 2.75) is 52.1 Å². The highest BCUT2D eigenvalue weighted by Crippen LogP contribution is 2.34. The van der Waals surface area contributed by atoms with Gasteiger partial charge >= 0.3 is 24.0 Å². The summed E-state index contributed by atoms with van der Waals surface area (Å²) in [7, 11) is 0. The van der Waals surface area contributed by atoms with E-state index in [9.17, 15) is 35.9 Å². The number of alkyl halides is 6. The van der Waals surface area contributed by atoms with E-state index in [-0.39, 0.29) is 24.6 Å². The summed E-state index contributed by atoms with van der Waals surface area (Å²) in [4.78, 5) is 38.2. The summed E-state index contributed by atoms with van der Waals surface area (Å²) in [5, 5.41) is 11.8. The first-order chi connectivity index (χ1) is 21.9. The summed E-state index contributed by atoms with van der Waals surface area (Å²) < 4.78 is 74.1. The SMILES string of the molecule is Cc1nn2c(=O)n(Cc3ccccc3)c(C(C(C)C)N(CCCN)C(=O)c3ccc(C(F)(F)F)cc3)cc2c1Cl.O=C(O)C(F)(F)F. The van der Waals surface area contributed by atoms with E-state index in [1.54, 1.807) is 22.5 Å². The van der Waals surface area contributed by atoms with Crippen LogP contribution in [0.4, 0.5) is 26.3 Å². The first kappa shape index (κ1) is 37.1. The molecule has 3 N–H and O–H groups in total. The number of aliphatic carboxylic acids is 1. The van der Waals surface area contributed by atoms with Gasteiger partial charge in [0, 0.05) is 17.8 Å². The Morgan fingerprint density at radius 2 is 1.60 bits per heavy atom. The monoisotopic (exact) mass is 687 g/mol. The molecule has 1 unspecified atom stereocenters. The third-order valence-corrected chi connectivity index (χ3v) is 7.52. The zero-order valence-electron chi connectivity index (χ0n) is 25.4. The van der Waals surface area contributed by atoms with E-state index in [0.717, 1.165) is 17.7 Å². The largest absolute Gasteiger partial charge is 0.490 e. The Hall–Kier alpha value is -4.37. The number of rotatable bonds is 9. The number of fused-ring (bicyclic) bond motifs is 1. The molecule has 0 bridgehead atoms. The first-order valence-corrected chi connectivity index (χ1v) is 14.6. The Balaban J connectivity index is 0.000000771. The first-order valence-electron chi connectivity index (χ1n) is 14.2. The molecule has 0 fully saturated rings. The van der Waals surface area contributed by atoms with Crippen molar-refractivity contribution in [3.63, 3.8) is 0 Å². The van der Waals surface area contributed by atoms with Gasteiger partial charge < -0.3 is 15.7 Å². The fraction of sp³-hybridized carbons (Fsp3) is 0.355. The smallest absolute Gasteiger partial charge is 0.475 e.